The van der Waals surface area contributed by atoms with Crippen molar-refractivity contribution in [3.05, 3.63) is 53.6 Å². The maximum absolute atomic E-state index is 12.2. The summed E-state index contributed by atoms with van der Waals surface area (Å²) in [4.78, 5) is 12.2. The standard InChI is InChI=1S/C19H22N2O4/c1-13(2)25-16-7-5-6-14(8-16)12-20-21-19(22)15-9-17(23-3)11-18(10-15)24-4/h5-13H,1-4H3,(H,21,22)/b20-12+. The fraction of sp³-hybridized carbons (Fsp3) is 0.263. The van der Waals surface area contributed by atoms with Crippen molar-refractivity contribution < 1.29 is 19.0 Å². The Morgan fingerprint density at radius 2 is 1.72 bits per heavy atom. The summed E-state index contributed by atoms with van der Waals surface area (Å²) >= 11 is 0. The van der Waals surface area contributed by atoms with E-state index in [1.165, 1.54) is 14.2 Å². The number of hydrogen-bond donors (Lipinski definition) is 1. The molecule has 0 radical (unpaired) electrons. The lowest BCUT2D eigenvalue weighted by atomic mass is 10.2. The van der Waals surface area contributed by atoms with Gasteiger partial charge in [-0.3, -0.25) is 4.79 Å². The van der Waals surface area contributed by atoms with Gasteiger partial charge in [-0.2, -0.15) is 5.10 Å². The topological polar surface area (TPSA) is 69.2 Å². The van der Waals surface area contributed by atoms with Gasteiger partial charge in [-0.15, -0.1) is 0 Å². The van der Waals surface area contributed by atoms with Gasteiger partial charge in [0.1, 0.15) is 17.2 Å². The zero-order valence-corrected chi connectivity index (χ0v) is 14.8. The normalized spacial score (nSPS) is 10.8. The smallest absolute Gasteiger partial charge is 0.271 e. The van der Waals surface area contributed by atoms with E-state index in [9.17, 15) is 4.79 Å². The first-order valence-corrected chi connectivity index (χ1v) is 7.85. The van der Waals surface area contributed by atoms with Crippen LogP contribution < -0.4 is 19.6 Å². The molecule has 1 amide bonds. The van der Waals surface area contributed by atoms with Crippen molar-refractivity contribution in [1.82, 2.24) is 5.43 Å². The summed E-state index contributed by atoms with van der Waals surface area (Å²) < 4.78 is 15.9. The Bertz CT molecular complexity index is 735. The lowest BCUT2D eigenvalue weighted by Crippen LogP contribution is -2.17. The highest BCUT2D eigenvalue weighted by atomic mass is 16.5. The number of nitrogens with one attached hydrogen (secondary N) is 1. The Morgan fingerprint density at radius 3 is 2.32 bits per heavy atom. The van der Waals surface area contributed by atoms with Crippen molar-refractivity contribution in [2.24, 2.45) is 5.10 Å². The summed E-state index contributed by atoms with van der Waals surface area (Å²) in [5, 5.41) is 3.99. The van der Waals surface area contributed by atoms with Gasteiger partial charge in [0.05, 0.1) is 26.5 Å². The van der Waals surface area contributed by atoms with Gasteiger partial charge in [0.2, 0.25) is 0 Å². The predicted molar refractivity (Wildman–Crippen MR) is 96.8 cm³/mol. The van der Waals surface area contributed by atoms with Crippen molar-refractivity contribution >= 4 is 12.1 Å². The zero-order chi connectivity index (χ0) is 18.2. The van der Waals surface area contributed by atoms with Crippen LogP contribution in [0, 0.1) is 0 Å². The molecule has 0 saturated heterocycles. The average molecular weight is 342 g/mol. The minimum absolute atomic E-state index is 0.0925. The number of amides is 1. The predicted octanol–water partition coefficient (Wildman–Crippen LogP) is 3.25. The molecule has 2 aromatic carbocycles. The molecule has 25 heavy (non-hydrogen) atoms. The van der Waals surface area contributed by atoms with E-state index in [1.807, 2.05) is 38.1 Å². The van der Waals surface area contributed by atoms with Crippen LogP contribution in [0.25, 0.3) is 0 Å². The molecule has 0 aliphatic heterocycles. The van der Waals surface area contributed by atoms with Gasteiger partial charge in [0, 0.05) is 11.6 Å². The largest absolute Gasteiger partial charge is 0.497 e. The van der Waals surface area contributed by atoms with Gasteiger partial charge in [0.15, 0.2) is 0 Å². The summed E-state index contributed by atoms with van der Waals surface area (Å²) in [5.41, 5.74) is 3.70. The average Bonchev–Trinajstić information content (AvgIpc) is 2.60. The van der Waals surface area contributed by atoms with Crippen LogP contribution in [-0.4, -0.2) is 32.4 Å². The van der Waals surface area contributed by atoms with Crippen molar-refractivity contribution in [2.75, 3.05) is 14.2 Å². The molecular formula is C19H22N2O4. The molecule has 0 fully saturated rings. The van der Waals surface area contributed by atoms with Gasteiger partial charge in [-0.05, 0) is 43.7 Å². The minimum Gasteiger partial charge on any atom is -0.497 e. The van der Waals surface area contributed by atoms with Crippen LogP contribution in [0.3, 0.4) is 0 Å². The van der Waals surface area contributed by atoms with E-state index < -0.39 is 0 Å². The van der Waals surface area contributed by atoms with E-state index in [0.29, 0.717) is 17.1 Å². The number of carbonyl (C=O) groups is 1. The first-order valence-electron chi connectivity index (χ1n) is 7.85. The van der Waals surface area contributed by atoms with E-state index >= 15 is 0 Å². The van der Waals surface area contributed by atoms with Crippen LogP contribution in [0.15, 0.2) is 47.6 Å². The number of hydrazone groups is 1. The van der Waals surface area contributed by atoms with Crippen molar-refractivity contribution in [1.29, 1.82) is 0 Å². The number of ether oxygens (including phenoxy) is 3. The van der Waals surface area contributed by atoms with Gasteiger partial charge in [-0.1, -0.05) is 12.1 Å². The summed E-state index contributed by atoms with van der Waals surface area (Å²) in [5.74, 6) is 1.46. The molecule has 132 valence electrons. The first-order chi connectivity index (χ1) is 12.0. The van der Waals surface area contributed by atoms with Crippen molar-refractivity contribution in [3.8, 4) is 17.2 Å². The molecule has 0 bridgehead atoms. The molecule has 0 aliphatic rings. The van der Waals surface area contributed by atoms with Gasteiger partial charge in [0.25, 0.3) is 5.91 Å². The quantitative estimate of drug-likeness (QED) is 0.619. The van der Waals surface area contributed by atoms with Crippen LogP contribution >= 0.6 is 0 Å². The number of rotatable bonds is 7. The highest BCUT2D eigenvalue weighted by Crippen LogP contribution is 2.22. The second-order valence-electron chi connectivity index (χ2n) is 5.54. The summed E-state index contributed by atoms with van der Waals surface area (Å²) in [6.07, 6.45) is 1.65. The minimum atomic E-state index is -0.358. The maximum atomic E-state index is 12.2. The Morgan fingerprint density at radius 1 is 1.04 bits per heavy atom. The Kier molecular flexibility index (Phi) is 6.39. The Labute approximate surface area is 147 Å². The second kappa shape index (κ2) is 8.73. The molecule has 0 saturated carbocycles. The van der Waals surface area contributed by atoms with Crippen LogP contribution in [-0.2, 0) is 0 Å². The highest BCUT2D eigenvalue weighted by Gasteiger charge is 2.09. The first kappa shape index (κ1) is 18.3. The number of hydrogen-bond acceptors (Lipinski definition) is 5. The van der Waals surface area contributed by atoms with Gasteiger partial charge >= 0.3 is 0 Å². The van der Waals surface area contributed by atoms with Crippen LogP contribution in [0.4, 0.5) is 0 Å². The second-order valence-corrected chi connectivity index (χ2v) is 5.54. The number of carbonyl (C=O) groups excluding carboxylic acids is 1. The molecular weight excluding hydrogens is 320 g/mol. The number of benzene rings is 2. The van der Waals surface area contributed by atoms with E-state index in [0.717, 1.165) is 11.3 Å². The zero-order valence-electron chi connectivity index (χ0n) is 14.8. The molecule has 0 spiro atoms. The maximum Gasteiger partial charge on any atom is 0.271 e. The van der Waals surface area contributed by atoms with Crippen LogP contribution in [0.1, 0.15) is 29.8 Å². The molecule has 2 rings (SSSR count). The fourth-order valence-corrected chi connectivity index (χ4v) is 2.11. The molecule has 0 aromatic heterocycles. The summed E-state index contributed by atoms with van der Waals surface area (Å²) in [6.45, 7) is 3.92. The third kappa shape index (κ3) is 5.53. The Balaban J connectivity index is 2.05. The molecule has 1 N–H and O–H groups in total. The third-order valence-corrected chi connectivity index (χ3v) is 3.22. The van der Waals surface area contributed by atoms with Gasteiger partial charge < -0.3 is 14.2 Å². The fourth-order valence-electron chi connectivity index (χ4n) is 2.11. The van der Waals surface area contributed by atoms with E-state index in [-0.39, 0.29) is 12.0 Å². The molecule has 0 heterocycles. The molecule has 2 aromatic rings. The molecule has 6 heteroatoms. The SMILES string of the molecule is COc1cc(OC)cc(C(=O)N/N=C/c2cccc(OC(C)C)c2)c1. The lowest BCUT2D eigenvalue weighted by molar-refractivity contribution is 0.0954. The summed E-state index contributed by atoms with van der Waals surface area (Å²) in [6, 6.07) is 12.4. The summed E-state index contributed by atoms with van der Waals surface area (Å²) in [7, 11) is 3.06. The number of nitrogens with zero attached hydrogens (tertiary/aromatic N) is 1. The molecule has 6 nitrogen and oxygen atoms in total. The van der Waals surface area contributed by atoms with Crippen molar-refractivity contribution in [2.45, 2.75) is 20.0 Å². The van der Waals surface area contributed by atoms with Crippen LogP contribution in [0.5, 0.6) is 17.2 Å². The highest BCUT2D eigenvalue weighted by molar-refractivity contribution is 5.95. The third-order valence-electron chi connectivity index (χ3n) is 3.22. The number of methoxy groups -OCH3 is 2. The van der Waals surface area contributed by atoms with Gasteiger partial charge in [-0.25, -0.2) is 5.43 Å². The monoisotopic (exact) mass is 342 g/mol. The van der Waals surface area contributed by atoms with E-state index in [1.54, 1.807) is 24.4 Å². The molecule has 0 unspecified atom stereocenters. The molecule has 0 atom stereocenters. The van der Waals surface area contributed by atoms with Crippen molar-refractivity contribution in [3.63, 3.8) is 0 Å². The van der Waals surface area contributed by atoms with E-state index in [4.69, 9.17) is 14.2 Å². The van der Waals surface area contributed by atoms with E-state index in [2.05, 4.69) is 10.5 Å². The molecule has 0 aliphatic carbocycles. The van der Waals surface area contributed by atoms with Crippen LogP contribution in [0.2, 0.25) is 0 Å². The Hall–Kier alpha value is -3.02. The lowest BCUT2D eigenvalue weighted by Gasteiger charge is -2.09.